The van der Waals surface area contributed by atoms with E-state index in [4.69, 9.17) is 0 Å². The number of carbonyl (C=O) groups is 1. The molecule has 1 aliphatic rings. The molecule has 22 heavy (non-hydrogen) atoms. The third kappa shape index (κ3) is 2.92. The highest BCUT2D eigenvalue weighted by Crippen LogP contribution is 2.55. The minimum atomic E-state index is -6.17. The zero-order valence-corrected chi connectivity index (χ0v) is 11.2. The van der Waals surface area contributed by atoms with Gasteiger partial charge in [-0.05, 0) is 25.7 Å². The molecule has 128 valence electrons. The molecule has 10 heteroatoms. The third-order valence-electron chi connectivity index (χ3n) is 3.65. The largest absolute Gasteiger partial charge is 0.450 e. The lowest BCUT2D eigenvalue weighted by molar-refractivity contribution is -0.415. The van der Waals surface area contributed by atoms with Crippen molar-refractivity contribution in [3.05, 3.63) is 12.4 Å². The van der Waals surface area contributed by atoms with Crippen molar-refractivity contribution in [2.75, 3.05) is 0 Å². The van der Waals surface area contributed by atoms with E-state index in [2.05, 4.69) is 11.3 Å². The minimum Gasteiger partial charge on any atom is -0.450 e. The van der Waals surface area contributed by atoms with Crippen molar-refractivity contribution in [1.82, 2.24) is 0 Å². The van der Waals surface area contributed by atoms with E-state index in [0.717, 1.165) is 0 Å². The second-order valence-corrected chi connectivity index (χ2v) is 5.06. The van der Waals surface area contributed by atoms with Gasteiger partial charge < -0.3 is 9.84 Å². The molecule has 0 heterocycles. The summed E-state index contributed by atoms with van der Waals surface area (Å²) >= 11 is 0. The van der Waals surface area contributed by atoms with Gasteiger partial charge in [0, 0.05) is 0 Å². The molecule has 1 saturated carbocycles. The molecule has 0 unspecified atom stereocenters. The van der Waals surface area contributed by atoms with Crippen LogP contribution in [0.1, 0.15) is 32.1 Å². The van der Waals surface area contributed by atoms with E-state index >= 15 is 0 Å². The fraction of sp³-hybridized carbons (Fsp3) is 0.750. The molecule has 1 N–H and O–H groups in total. The Bertz CT molecular complexity index is 433. The standard InChI is InChI=1S/C12H13F7O3/c1-7(13)8(20)22-9(5-3-2-4-6-9)10(21,11(14,15)16)12(17,18)19/h21H,1-6H2. The quantitative estimate of drug-likeness (QED) is 0.486. The molecule has 0 atom stereocenters. The highest BCUT2D eigenvalue weighted by molar-refractivity contribution is 5.85. The van der Waals surface area contributed by atoms with E-state index in [-0.39, 0.29) is 12.8 Å². The number of alkyl halides is 6. The lowest BCUT2D eigenvalue weighted by Gasteiger charge is -2.48. The molecule has 0 aromatic rings. The molecule has 3 nitrogen and oxygen atoms in total. The molecule has 0 bridgehead atoms. The van der Waals surface area contributed by atoms with Gasteiger partial charge in [-0.1, -0.05) is 13.0 Å². The predicted octanol–water partition coefficient (Wildman–Crippen LogP) is 3.57. The molecule has 0 aromatic heterocycles. The van der Waals surface area contributed by atoms with Crippen LogP contribution in [0.25, 0.3) is 0 Å². The summed E-state index contributed by atoms with van der Waals surface area (Å²) in [5.41, 5.74) is -8.63. The third-order valence-corrected chi connectivity index (χ3v) is 3.65. The van der Waals surface area contributed by atoms with Crippen molar-refractivity contribution in [3.8, 4) is 0 Å². The fourth-order valence-corrected chi connectivity index (χ4v) is 2.57. The SMILES string of the molecule is C=C(F)C(=O)OC1(C(O)(C(F)(F)F)C(F)(F)F)CCCCC1. The highest BCUT2D eigenvalue weighted by Gasteiger charge is 2.81. The van der Waals surface area contributed by atoms with Crippen LogP contribution >= 0.6 is 0 Å². The summed E-state index contributed by atoms with van der Waals surface area (Å²) < 4.78 is 94.9. The number of ether oxygens (including phenoxy) is 1. The summed E-state index contributed by atoms with van der Waals surface area (Å²) in [5.74, 6) is -3.91. The van der Waals surface area contributed by atoms with Crippen molar-refractivity contribution < 1.29 is 45.4 Å². The molecule has 1 rings (SSSR count). The van der Waals surface area contributed by atoms with E-state index < -0.39 is 48.2 Å². The molecule has 0 radical (unpaired) electrons. The maximum absolute atomic E-state index is 13.0. The Morgan fingerprint density at radius 2 is 1.41 bits per heavy atom. The number of halogens is 7. The first kappa shape index (κ1) is 18.7. The normalized spacial score (nSPS) is 19.6. The van der Waals surface area contributed by atoms with E-state index in [9.17, 15) is 40.6 Å². The van der Waals surface area contributed by atoms with Crippen LogP contribution in [0, 0.1) is 0 Å². The number of hydrogen-bond donors (Lipinski definition) is 1. The Balaban J connectivity index is 3.46. The topological polar surface area (TPSA) is 46.5 Å². The first-order valence-corrected chi connectivity index (χ1v) is 6.22. The summed E-state index contributed by atoms with van der Waals surface area (Å²) in [6, 6.07) is 0. The van der Waals surface area contributed by atoms with Crippen molar-refractivity contribution in [2.24, 2.45) is 0 Å². The highest BCUT2D eigenvalue weighted by atomic mass is 19.4. The summed E-state index contributed by atoms with van der Waals surface area (Å²) in [7, 11) is 0. The number of carbonyl (C=O) groups excluding carboxylic acids is 1. The van der Waals surface area contributed by atoms with Crippen LogP contribution in [0.3, 0.4) is 0 Å². The van der Waals surface area contributed by atoms with E-state index in [0.29, 0.717) is 6.42 Å². The molecular weight excluding hydrogens is 325 g/mol. The minimum absolute atomic E-state index is 0.152. The van der Waals surface area contributed by atoms with E-state index in [1.165, 1.54) is 0 Å². The Morgan fingerprint density at radius 3 is 1.73 bits per heavy atom. The van der Waals surface area contributed by atoms with E-state index in [1.54, 1.807) is 0 Å². The van der Waals surface area contributed by atoms with Crippen molar-refractivity contribution in [2.45, 2.75) is 55.7 Å². The molecule has 1 aliphatic carbocycles. The maximum atomic E-state index is 13.0. The van der Waals surface area contributed by atoms with Crippen LogP contribution in [-0.4, -0.2) is 34.6 Å². The zero-order chi connectivity index (χ0) is 17.4. The fourth-order valence-electron chi connectivity index (χ4n) is 2.57. The van der Waals surface area contributed by atoms with Crippen LogP contribution in [0.5, 0.6) is 0 Å². The monoisotopic (exact) mass is 338 g/mol. The summed E-state index contributed by atoms with van der Waals surface area (Å²) in [4.78, 5) is 11.2. The second-order valence-electron chi connectivity index (χ2n) is 5.06. The van der Waals surface area contributed by atoms with Crippen molar-refractivity contribution in [1.29, 1.82) is 0 Å². The Hall–Kier alpha value is -1.32. The zero-order valence-electron chi connectivity index (χ0n) is 11.2. The number of hydrogen-bond acceptors (Lipinski definition) is 3. The van der Waals surface area contributed by atoms with Gasteiger partial charge in [0.2, 0.25) is 5.83 Å². The van der Waals surface area contributed by atoms with E-state index in [1.807, 2.05) is 0 Å². The molecule has 0 spiro atoms. The smallest absolute Gasteiger partial charge is 0.430 e. The van der Waals surface area contributed by atoms with Gasteiger partial charge in [-0.15, -0.1) is 0 Å². The predicted molar refractivity (Wildman–Crippen MR) is 59.2 cm³/mol. The molecule has 0 aliphatic heterocycles. The van der Waals surface area contributed by atoms with Gasteiger partial charge in [0.1, 0.15) is 0 Å². The molecule has 0 amide bonds. The number of rotatable bonds is 3. The van der Waals surface area contributed by atoms with Gasteiger partial charge in [0.15, 0.2) is 5.60 Å². The number of aliphatic hydroxyl groups is 1. The summed E-state index contributed by atoms with van der Waals surface area (Å²) in [5, 5.41) is 9.51. The van der Waals surface area contributed by atoms with Gasteiger partial charge in [-0.2, -0.15) is 30.7 Å². The van der Waals surface area contributed by atoms with Gasteiger partial charge >= 0.3 is 18.3 Å². The average molecular weight is 338 g/mol. The lowest BCUT2D eigenvalue weighted by Crippen LogP contribution is -2.72. The number of esters is 1. The van der Waals surface area contributed by atoms with Crippen LogP contribution in [0.15, 0.2) is 12.4 Å². The first-order valence-electron chi connectivity index (χ1n) is 6.22. The van der Waals surface area contributed by atoms with Gasteiger partial charge in [0.25, 0.3) is 5.60 Å². The van der Waals surface area contributed by atoms with Crippen molar-refractivity contribution >= 4 is 5.97 Å². The average Bonchev–Trinajstić information content (AvgIpc) is 2.35. The summed E-state index contributed by atoms with van der Waals surface area (Å²) in [6.07, 6.45) is -14.1. The van der Waals surface area contributed by atoms with Crippen molar-refractivity contribution in [3.63, 3.8) is 0 Å². The Labute approximate surface area is 120 Å². The first-order chi connectivity index (χ1) is 9.78. The molecule has 0 saturated heterocycles. The second kappa shape index (κ2) is 5.71. The van der Waals surface area contributed by atoms with Crippen LogP contribution in [0.4, 0.5) is 30.7 Å². The van der Waals surface area contributed by atoms with Crippen LogP contribution in [0.2, 0.25) is 0 Å². The van der Waals surface area contributed by atoms with Crippen LogP contribution < -0.4 is 0 Å². The van der Waals surface area contributed by atoms with Gasteiger partial charge in [-0.25, -0.2) is 4.79 Å². The van der Waals surface area contributed by atoms with Crippen LogP contribution in [-0.2, 0) is 9.53 Å². The van der Waals surface area contributed by atoms with Gasteiger partial charge in [-0.3, -0.25) is 0 Å². The molecule has 1 fully saturated rings. The maximum Gasteiger partial charge on any atom is 0.430 e. The molecular formula is C12H13F7O3. The Kier molecular flexibility index (Phi) is 4.86. The van der Waals surface area contributed by atoms with Gasteiger partial charge in [0.05, 0.1) is 0 Å². The molecule has 0 aromatic carbocycles. The Morgan fingerprint density at radius 1 is 1.00 bits per heavy atom. The summed E-state index contributed by atoms with van der Waals surface area (Å²) in [6.45, 7) is 2.47. The lowest BCUT2D eigenvalue weighted by atomic mass is 9.71.